The van der Waals surface area contributed by atoms with Gasteiger partial charge < -0.3 is 10.2 Å². The highest BCUT2D eigenvalue weighted by Gasteiger charge is 2.39. The van der Waals surface area contributed by atoms with E-state index in [-0.39, 0.29) is 22.8 Å². The van der Waals surface area contributed by atoms with Crippen LogP contribution in [0.1, 0.15) is 33.3 Å². The van der Waals surface area contributed by atoms with Crippen molar-refractivity contribution in [3.63, 3.8) is 0 Å². The van der Waals surface area contributed by atoms with Crippen LogP contribution in [-0.2, 0) is 11.2 Å². The van der Waals surface area contributed by atoms with Gasteiger partial charge in [-0.25, -0.2) is 4.39 Å². The number of nitrogens with one attached hydrogen (secondary N) is 1. The number of benzene rings is 1. The Morgan fingerprint density at radius 1 is 1.25 bits per heavy atom. The first-order valence-electron chi connectivity index (χ1n) is 7.00. The summed E-state index contributed by atoms with van der Waals surface area (Å²) in [4.78, 5) is 14.5. The number of amides is 1. The molecule has 1 aromatic rings. The molecule has 1 amide bonds. The number of carbonyl (C=O) groups excluding carboxylic acids is 1. The summed E-state index contributed by atoms with van der Waals surface area (Å²) in [5, 5.41) is 3.46. The Morgan fingerprint density at radius 3 is 2.45 bits per heavy atom. The second-order valence-electron chi connectivity index (χ2n) is 6.83. The molecule has 0 atom stereocenters. The summed E-state index contributed by atoms with van der Waals surface area (Å²) in [7, 11) is 0. The molecule has 0 aliphatic carbocycles. The minimum atomic E-state index is -0.273. The summed E-state index contributed by atoms with van der Waals surface area (Å²) >= 11 is 0. The van der Waals surface area contributed by atoms with Crippen molar-refractivity contribution < 1.29 is 9.18 Å². The van der Waals surface area contributed by atoms with Crippen molar-refractivity contribution in [2.24, 2.45) is 0 Å². The highest BCUT2D eigenvalue weighted by molar-refractivity contribution is 5.79. The first kappa shape index (κ1) is 15.0. The van der Waals surface area contributed by atoms with Gasteiger partial charge in [0.05, 0.1) is 6.42 Å². The fourth-order valence-corrected chi connectivity index (χ4v) is 2.51. The van der Waals surface area contributed by atoms with Gasteiger partial charge in [0.1, 0.15) is 5.82 Å². The van der Waals surface area contributed by atoms with E-state index in [1.165, 1.54) is 12.1 Å². The zero-order valence-corrected chi connectivity index (χ0v) is 12.7. The van der Waals surface area contributed by atoms with Crippen molar-refractivity contribution in [3.8, 4) is 0 Å². The van der Waals surface area contributed by atoms with E-state index in [1.54, 1.807) is 12.1 Å². The molecule has 0 spiro atoms. The van der Waals surface area contributed by atoms with Crippen molar-refractivity contribution in [2.45, 2.75) is 45.2 Å². The van der Waals surface area contributed by atoms with Crippen LogP contribution in [0.15, 0.2) is 24.3 Å². The second kappa shape index (κ2) is 5.17. The molecule has 1 fully saturated rings. The Hall–Kier alpha value is -1.42. The number of piperazine rings is 1. The first-order chi connectivity index (χ1) is 9.20. The van der Waals surface area contributed by atoms with Crippen molar-refractivity contribution in [2.75, 3.05) is 13.1 Å². The topological polar surface area (TPSA) is 32.3 Å². The fourth-order valence-electron chi connectivity index (χ4n) is 2.51. The lowest BCUT2D eigenvalue weighted by atomic mass is 9.91. The summed E-state index contributed by atoms with van der Waals surface area (Å²) in [6.45, 7) is 9.78. The van der Waals surface area contributed by atoms with E-state index in [1.807, 2.05) is 4.90 Å². The van der Waals surface area contributed by atoms with E-state index in [0.717, 1.165) is 12.1 Å². The van der Waals surface area contributed by atoms with E-state index < -0.39 is 0 Å². The molecule has 0 aromatic heterocycles. The fraction of sp³-hybridized carbons (Fsp3) is 0.562. The summed E-state index contributed by atoms with van der Waals surface area (Å²) < 4.78 is 12.9. The van der Waals surface area contributed by atoms with Crippen LogP contribution in [0.2, 0.25) is 0 Å². The maximum absolute atomic E-state index is 12.9. The smallest absolute Gasteiger partial charge is 0.227 e. The molecular weight excluding hydrogens is 255 g/mol. The third kappa shape index (κ3) is 3.37. The van der Waals surface area contributed by atoms with Gasteiger partial charge in [-0.05, 0) is 45.4 Å². The Bertz CT molecular complexity index is 494. The molecule has 0 unspecified atom stereocenters. The van der Waals surface area contributed by atoms with Gasteiger partial charge in [-0.2, -0.15) is 0 Å². The largest absolute Gasteiger partial charge is 0.334 e. The van der Waals surface area contributed by atoms with Crippen LogP contribution in [0.5, 0.6) is 0 Å². The summed E-state index contributed by atoms with van der Waals surface area (Å²) in [6, 6.07) is 6.14. The Balaban J connectivity index is 2.12. The van der Waals surface area contributed by atoms with E-state index in [0.29, 0.717) is 13.0 Å². The van der Waals surface area contributed by atoms with Gasteiger partial charge in [0.25, 0.3) is 0 Å². The van der Waals surface area contributed by atoms with Gasteiger partial charge in [-0.1, -0.05) is 12.1 Å². The zero-order valence-electron chi connectivity index (χ0n) is 12.7. The highest BCUT2D eigenvalue weighted by Crippen LogP contribution is 2.24. The standard InChI is InChI=1S/C16H23FN2O/c1-15(2)11-19(16(3,4)10-18-15)14(20)9-12-5-7-13(17)8-6-12/h5-8,18H,9-11H2,1-4H3. The molecule has 0 saturated carbocycles. The lowest BCUT2D eigenvalue weighted by molar-refractivity contribution is -0.139. The number of hydrogen-bond acceptors (Lipinski definition) is 2. The predicted molar refractivity (Wildman–Crippen MR) is 78.0 cm³/mol. The Morgan fingerprint density at radius 2 is 1.85 bits per heavy atom. The van der Waals surface area contributed by atoms with E-state index in [9.17, 15) is 9.18 Å². The minimum absolute atomic E-state index is 0.0754. The van der Waals surface area contributed by atoms with Gasteiger partial charge in [0.15, 0.2) is 0 Å². The quantitative estimate of drug-likeness (QED) is 0.900. The Labute approximate surface area is 120 Å². The maximum Gasteiger partial charge on any atom is 0.227 e. The number of rotatable bonds is 2. The molecule has 1 aliphatic rings. The van der Waals surface area contributed by atoms with Gasteiger partial charge in [0, 0.05) is 24.2 Å². The number of hydrogen-bond donors (Lipinski definition) is 1. The van der Waals surface area contributed by atoms with Crippen LogP contribution in [0.25, 0.3) is 0 Å². The van der Waals surface area contributed by atoms with Crippen molar-refractivity contribution in [3.05, 3.63) is 35.6 Å². The van der Waals surface area contributed by atoms with E-state index >= 15 is 0 Å². The summed E-state index contributed by atoms with van der Waals surface area (Å²) in [5.41, 5.74) is 0.573. The van der Waals surface area contributed by atoms with Crippen LogP contribution < -0.4 is 5.32 Å². The molecule has 1 saturated heterocycles. The molecule has 110 valence electrons. The molecule has 2 rings (SSSR count). The number of carbonyl (C=O) groups is 1. The molecule has 1 heterocycles. The summed E-state index contributed by atoms with van der Waals surface area (Å²) in [5.74, 6) is -0.180. The summed E-state index contributed by atoms with van der Waals surface area (Å²) in [6.07, 6.45) is 0.319. The van der Waals surface area contributed by atoms with Gasteiger partial charge in [0.2, 0.25) is 5.91 Å². The molecule has 20 heavy (non-hydrogen) atoms. The van der Waals surface area contributed by atoms with Crippen molar-refractivity contribution in [1.82, 2.24) is 10.2 Å². The third-order valence-electron chi connectivity index (χ3n) is 3.85. The first-order valence-corrected chi connectivity index (χ1v) is 7.00. The second-order valence-corrected chi connectivity index (χ2v) is 6.83. The van der Waals surface area contributed by atoms with Gasteiger partial charge >= 0.3 is 0 Å². The zero-order chi connectivity index (χ0) is 15.0. The molecule has 1 aliphatic heterocycles. The molecule has 0 bridgehead atoms. The monoisotopic (exact) mass is 278 g/mol. The van der Waals surface area contributed by atoms with Gasteiger partial charge in [-0.15, -0.1) is 0 Å². The normalized spacial score (nSPS) is 20.8. The van der Waals surface area contributed by atoms with Crippen molar-refractivity contribution in [1.29, 1.82) is 0 Å². The average molecular weight is 278 g/mol. The molecule has 0 radical (unpaired) electrons. The number of nitrogens with zero attached hydrogens (tertiary/aromatic N) is 1. The minimum Gasteiger partial charge on any atom is -0.334 e. The highest BCUT2D eigenvalue weighted by atomic mass is 19.1. The molecular formula is C16H23FN2O. The van der Waals surface area contributed by atoms with Crippen molar-refractivity contribution >= 4 is 5.91 Å². The molecule has 4 heteroatoms. The van der Waals surface area contributed by atoms with Gasteiger partial charge in [-0.3, -0.25) is 4.79 Å². The van der Waals surface area contributed by atoms with Crippen LogP contribution >= 0.6 is 0 Å². The Kier molecular flexibility index (Phi) is 3.87. The third-order valence-corrected chi connectivity index (χ3v) is 3.85. The van der Waals surface area contributed by atoms with E-state index in [4.69, 9.17) is 0 Å². The maximum atomic E-state index is 12.9. The lowest BCUT2D eigenvalue weighted by Gasteiger charge is -2.49. The average Bonchev–Trinajstić information content (AvgIpc) is 2.35. The molecule has 1 aromatic carbocycles. The van der Waals surface area contributed by atoms with Crippen LogP contribution in [0.3, 0.4) is 0 Å². The van der Waals surface area contributed by atoms with Crippen LogP contribution in [0.4, 0.5) is 4.39 Å². The lowest BCUT2D eigenvalue weighted by Crippen LogP contribution is -2.67. The molecule has 3 nitrogen and oxygen atoms in total. The molecule has 1 N–H and O–H groups in total. The van der Waals surface area contributed by atoms with Crippen LogP contribution in [-0.4, -0.2) is 35.0 Å². The van der Waals surface area contributed by atoms with E-state index in [2.05, 4.69) is 33.0 Å². The predicted octanol–water partition coefficient (Wildman–Crippen LogP) is 2.36. The number of halogens is 1. The van der Waals surface area contributed by atoms with Crippen LogP contribution in [0, 0.1) is 5.82 Å². The SMILES string of the molecule is CC1(C)CN(C(=O)Cc2ccc(F)cc2)C(C)(C)CN1.